The molecule has 0 bridgehead atoms. The Labute approximate surface area is 157 Å². The average molecular weight is 377 g/mol. The summed E-state index contributed by atoms with van der Waals surface area (Å²) in [6, 6.07) is 9.28. The maximum Gasteiger partial charge on any atom is 0.271 e. The fraction of sp³-hybridized carbons (Fsp3) is 0.263. The number of hydrazone groups is 1. The molecule has 0 atom stereocenters. The summed E-state index contributed by atoms with van der Waals surface area (Å²) < 4.78 is 11.3. The number of phenolic OH excluding ortho intramolecular Hbond substituents is 1. The highest BCUT2D eigenvalue weighted by Gasteiger charge is 2.13. The lowest BCUT2D eigenvalue weighted by atomic mass is 10.2. The van der Waals surface area contributed by atoms with E-state index in [1.165, 1.54) is 30.5 Å². The van der Waals surface area contributed by atoms with Gasteiger partial charge in [-0.1, -0.05) is 11.6 Å². The zero-order valence-corrected chi connectivity index (χ0v) is 15.6. The first-order valence-electron chi connectivity index (χ1n) is 8.16. The lowest BCUT2D eigenvalue weighted by molar-refractivity contribution is 0.0955. The summed E-state index contributed by atoms with van der Waals surface area (Å²) in [5, 5.41) is 13.6. The molecule has 2 N–H and O–H groups in total. The zero-order chi connectivity index (χ0) is 19.1. The molecule has 26 heavy (non-hydrogen) atoms. The lowest BCUT2D eigenvalue weighted by Crippen LogP contribution is -2.17. The first kappa shape index (κ1) is 19.6. The molecule has 0 saturated heterocycles. The second kappa shape index (κ2) is 9.10. The van der Waals surface area contributed by atoms with Gasteiger partial charge in [0.25, 0.3) is 5.91 Å². The van der Waals surface area contributed by atoms with Crippen molar-refractivity contribution < 1.29 is 19.4 Å². The molecular weight excluding hydrogens is 356 g/mol. The molecule has 0 unspecified atom stereocenters. The molecule has 0 radical (unpaired) electrons. The Balaban J connectivity index is 2.14. The van der Waals surface area contributed by atoms with E-state index in [1.54, 1.807) is 12.1 Å². The molecule has 6 nitrogen and oxygen atoms in total. The highest BCUT2D eigenvalue weighted by molar-refractivity contribution is 6.32. The predicted octanol–water partition coefficient (Wildman–Crippen LogP) is 4.00. The van der Waals surface area contributed by atoms with Crippen LogP contribution < -0.4 is 14.9 Å². The quantitative estimate of drug-likeness (QED) is 0.565. The Morgan fingerprint density at radius 3 is 2.62 bits per heavy atom. The molecule has 0 aliphatic heterocycles. The minimum atomic E-state index is -0.392. The summed E-state index contributed by atoms with van der Waals surface area (Å²) in [6.07, 6.45) is 1.42. The fourth-order valence-electron chi connectivity index (χ4n) is 2.12. The van der Waals surface area contributed by atoms with Crippen LogP contribution in [0.5, 0.6) is 17.2 Å². The summed E-state index contributed by atoms with van der Waals surface area (Å²) in [5.74, 6) is 0.692. The number of phenols is 1. The van der Waals surface area contributed by atoms with Gasteiger partial charge in [-0.2, -0.15) is 5.10 Å². The van der Waals surface area contributed by atoms with Crippen LogP contribution in [0.1, 0.15) is 36.7 Å². The van der Waals surface area contributed by atoms with Crippen LogP contribution >= 0.6 is 11.6 Å². The van der Waals surface area contributed by atoms with Gasteiger partial charge < -0.3 is 14.6 Å². The van der Waals surface area contributed by atoms with Crippen molar-refractivity contribution in [1.29, 1.82) is 0 Å². The molecule has 0 aliphatic carbocycles. The van der Waals surface area contributed by atoms with Crippen LogP contribution in [0, 0.1) is 0 Å². The van der Waals surface area contributed by atoms with Gasteiger partial charge in [-0.3, -0.25) is 4.79 Å². The van der Waals surface area contributed by atoms with E-state index in [-0.39, 0.29) is 11.9 Å². The van der Waals surface area contributed by atoms with Crippen LogP contribution in [0.3, 0.4) is 0 Å². The zero-order valence-electron chi connectivity index (χ0n) is 14.8. The summed E-state index contributed by atoms with van der Waals surface area (Å²) in [5.41, 5.74) is 3.45. The maximum atomic E-state index is 12.0. The van der Waals surface area contributed by atoms with Gasteiger partial charge in [0.2, 0.25) is 0 Å². The molecule has 0 aliphatic rings. The molecule has 138 valence electrons. The summed E-state index contributed by atoms with van der Waals surface area (Å²) in [7, 11) is 0. The van der Waals surface area contributed by atoms with Gasteiger partial charge in [0.05, 0.1) is 23.9 Å². The number of carbonyl (C=O) groups excluding carboxylic acids is 1. The van der Waals surface area contributed by atoms with Gasteiger partial charge in [-0.25, -0.2) is 5.43 Å². The predicted molar refractivity (Wildman–Crippen MR) is 102 cm³/mol. The third-order valence-corrected chi connectivity index (χ3v) is 3.48. The summed E-state index contributed by atoms with van der Waals surface area (Å²) >= 11 is 6.29. The van der Waals surface area contributed by atoms with Gasteiger partial charge in [0.1, 0.15) is 5.75 Å². The number of benzene rings is 2. The minimum Gasteiger partial charge on any atom is -0.508 e. The topological polar surface area (TPSA) is 80.2 Å². The Kier molecular flexibility index (Phi) is 6.86. The molecule has 0 spiro atoms. The number of rotatable bonds is 7. The minimum absolute atomic E-state index is 0.0455. The van der Waals surface area contributed by atoms with Gasteiger partial charge in [0.15, 0.2) is 11.5 Å². The van der Waals surface area contributed by atoms with Gasteiger partial charge in [-0.05, 0) is 62.7 Å². The highest BCUT2D eigenvalue weighted by Crippen LogP contribution is 2.37. The van der Waals surface area contributed by atoms with Crippen LogP contribution in [0.15, 0.2) is 41.5 Å². The number of halogens is 1. The van der Waals surface area contributed by atoms with Gasteiger partial charge in [-0.15, -0.1) is 0 Å². The molecule has 7 heteroatoms. The number of carbonyl (C=O) groups is 1. The van der Waals surface area contributed by atoms with Crippen molar-refractivity contribution in [2.45, 2.75) is 26.9 Å². The second-order valence-corrected chi connectivity index (χ2v) is 6.08. The summed E-state index contributed by atoms with van der Waals surface area (Å²) in [4.78, 5) is 12.0. The Morgan fingerprint density at radius 1 is 1.31 bits per heavy atom. The van der Waals surface area contributed by atoms with Crippen molar-refractivity contribution in [3.63, 3.8) is 0 Å². The number of nitrogens with one attached hydrogen (secondary N) is 1. The molecule has 1 amide bonds. The van der Waals surface area contributed by atoms with E-state index in [4.69, 9.17) is 21.1 Å². The maximum absolute atomic E-state index is 12.0. The van der Waals surface area contributed by atoms with Crippen LogP contribution in [0.25, 0.3) is 0 Å². The van der Waals surface area contributed by atoms with E-state index in [0.29, 0.717) is 34.3 Å². The fourth-order valence-corrected chi connectivity index (χ4v) is 2.38. The Bertz CT molecular complexity index is 789. The van der Waals surface area contributed by atoms with E-state index in [1.807, 2.05) is 20.8 Å². The number of amides is 1. The van der Waals surface area contributed by atoms with E-state index in [0.717, 1.165) is 0 Å². The number of nitrogens with zero attached hydrogens (tertiary/aromatic N) is 1. The Morgan fingerprint density at radius 2 is 2.00 bits per heavy atom. The third-order valence-electron chi connectivity index (χ3n) is 3.19. The highest BCUT2D eigenvalue weighted by atomic mass is 35.5. The smallest absolute Gasteiger partial charge is 0.271 e. The third kappa shape index (κ3) is 5.39. The molecule has 0 saturated carbocycles. The number of hydrogen-bond acceptors (Lipinski definition) is 5. The summed E-state index contributed by atoms with van der Waals surface area (Å²) in [6.45, 7) is 6.13. The van der Waals surface area contributed by atoms with Gasteiger partial charge in [0, 0.05) is 5.56 Å². The first-order chi connectivity index (χ1) is 12.4. The lowest BCUT2D eigenvalue weighted by Gasteiger charge is -2.16. The van der Waals surface area contributed by atoms with Crippen molar-refractivity contribution in [3.8, 4) is 17.2 Å². The van der Waals surface area contributed by atoms with E-state index >= 15 is 0 Å². The van der Waals surface area contributed by atoms with Gasteiger partial charge >= 0.3 is 0 Å². The number of aromatic hydroxyl groups is 1. The average Bonchev–Trinajstić information content (AvgIpc) is 2.58. The van der Waals surface area contributed by atoms with Crippen LogP contribution in [0.4, 0.5) is 0 Å². The van der Waals surface area contributed by atoms with E-state index < -0.39 is 5.91 Å². The molecular formula is C19H21ClN2O4. The molecule has 0 aromatic heterocycles. The van der Waals surface area contributed by atoms with E-state index in [2.05, 4.69) is 10.5 Å². The van der Waals surface area contributed by atoms with Crippen LogP contribution in [-0.4, -0.2) is 29.9 Å². The molecule has 0 fully saturated rings. The standard InChI is InChI=1S/C19H21ClN2O4/c1-4-25-17-10-13(9-16(20)18(17)26-12(2)3)11-21-22-19(24)14-5-7-15(23)8-6-14/h5-12,23H,4H2,1-3H3,(H,22,24)/b21-11-. The van der Waals surface area contributed by atoms with E-state index in [9.17, 15) is 9.90 Å². The van der Waals surface area contributed by atoms with Crippen molar-refractivity contribution in [2.75, 3.05) is 6.61 Å². The van der Waals surface area contributed by atoms with Crippen molar-refractivity contribution in [2.24, 2.45) is 5.10 Å². The molecule has 2 aromatic rings. The second-order valence-electron chi connectivity index (χ2n) is 5.68. The normalized spacial score (nSPS) is 11.0. The number of ether oxygens (including phenoxy) is 2. The Hall–Kier alpha value is -2.73. The van der Waals surface area contributed by atoms with Crippen molar-refractivity contribution in [3.05, 3.63) is 52.5 Å². The van der Waals surface area contributed by atoms with Crippen molar-refractivity contribution in [1.82, 2.24) is 5.43 Å². The SMILES string of the molecule is CCOc1cc(/C=N\NC(=O)c2ccc(O)cc2)cc(Cl)c1OC(C)C. The molecule has 0 heterocycles. The molecule has 2 aromatic carbocycles. The van der Waals surface area contributed by atoms with Crippen LogP contribution in [0.2, 0.25) is 5.02 Å². The first-order valence-corrected chi connectivity index (χ1v) is 8.54. The monoisotopic (exact) mass is 376 g/mol. The largest absolute Gasteiger partial charge is 0.508 e. The van der Waals surface area contributed by atoms with Crippen molar-refractivity contribution >= 4 is 23.7 Å². The number of hydrogen-bond donors (Lipinski definition) is 2. The molecule has 2 rings (SSSR count). The van der Waals surface area contributed by atoms with Crippen LogP contribution in [-0.2, 0) is 0 Å².